The largest absolute Gasteiger partial charge is 0.456 e. The third-order valence-corrected chi connectivity index (χ3v) is 4.21. The molecule has 0 radical (unpaired) electrons. The molecular formula is C15H17N5O5S. The summed E-state index contributed by atoms with van der Waals surface area (Å²) in [6.45, 7) is 3.23. The van der Waals surface area contributed by atoms with Crippen molar-refractivity contribution in [3.63, 3.8) is 0 Å². The van der Waals surface area contributed by atoms with Crippen molar-refractivity contribution in [1.82, 2.24) is 15.4 Å². The van der Waals surface area contributed by atoms with Crippen LogP contribution in [-0.4, -0.2) is 36.4 Å². The number of hydrogen-bond donors (Lipinski definition) is 3. The Kier molecular flexibility index (Phi) is 6.07. The molecule has 2 heterocycles. The normalized spacial score (nSPS) is 10.9. The van der Waals surface area contributed by atoms with Gasteiger partial charge >= 0.3 is 11.9 Å². The van der Waals surface area contributed by atoms with Crippen LogP contribution in [0.5, 0.6) is 0 Å². The Morgan fingerprint density at radius 2 is 1.81 bits per heavy atom. The van der Waals surface area contributed by atoms with Crippen molar-refractivity contribution in [2.24, 2.45) is 0 Å². The van der Waals surface area contributed by atoms with Crippen LogP contribution in [0.4, 0.5) is 11.5 Å². The van der Waals surface area contributed by atoms with Crippen LogP contribution in [-0.2, 0) is 24.3 Å². The van der Waals surface area contributed by atoms with E-state index in [2.05, 4.69) is 25.5 Å². The van der Waals surface area contributed by atoms with Crippen LogP contribution in [0, 0.1) is 0 Å². The Labute approximate surface area is 150 Å². The van der Waals surface area contributed by atoms with E-state index in [1.54, 1.807) is 13.8 Å². The van der Waals surface area contributed by atoms with Gasteiger partial charge in [0.2, 0.25) is 0 Å². The number of amides is 1. The van der Waals surface area contributed by atoms with E-state index in [1.165, 1.54) is 42.9 Å². The summed E-state index contributed by atoms with van der Waals surface area (Å²) in [5.74, 6) is -1.82. The van der Waals surface area contributed by atoms with E-state index >= 15 is 0 Å². The van der Waals surface area contributed by atoms with Crippen molar-refractivity contribution >= 4 is 33.4 Å². The summed E-state index contributed by atoms with van der Waals surface area (Å²) in [6, 6.07) is 5.57. The molecule has 2 aromatic heterocycles. The maximum absolute atomic E-state index is 12.2. The maximum Gasteiger partial charge on any atom is 0.398 e. The molecule has 0 atom stereocenters. The molecule has 0 aliphatic carbocycles. The lowest BCUT2D eigenvalue weighted by Crippen LogP contribution is -2.37. The number of rotatable bonds is 6. The molecule has 0 aromatic carbocycles. The molecular weight excluding hydrogens is 362 g/mol. The van der Waals surface area contributed by atoms with Crippen LogP contribution >= 0.6 is 0 Å². The first kappa shape index (κ1) is 19.1. The topological polar surface area (TPSA) is 139 Å². The first-order valence-corrected chi connectivity index (χ1v) is 8.92. The standard InChI is InChI=1S/C15H17N5O5S/c1-10(2)25-15(22)14(21)19-18-13-4-3-11(9-17-13)20-26(23,24)12-5-7-16-8-6-12/h3-10,20H,1-2H3,(H,17,18)(H,19,21). The van der Waals surface area contributed by atoms with Crippen molar-refractivity contribution < 1.29 is 22.7 Å². The third-order valence-electron chi connectivity index (χ3n) is 2.81. The molecule has 2 rings (SSSR count). The van der Waals surface area contributed by atoms with Crippen LogP contribution in [0.15, 0.2) is 47.8 Å². The zero-order chi connectivity index (χ0) is 19.2. The number of anilines is 2. The molecule has 0 bridgehead atoms. The lowest BCUT2D eigenvalue weighted by atomic mass is 10.4. The lowest BCUT2D eigenvalue weighted by molar-refractivity contribution is -0.157. The summed E-state index contributed by atoms with van der Waals surface area (Å²) < 4.78 is 31.4. The number of esters is 1. The van der Waals surface area contributed by atoms with Gasteiger partial charge in [0.25, 0.3) is 10.0 Å². The summed E-state index contributed by atoms with van der Waals surface area (Å²) in [5.41, 5.74) is 4.77. The van der Waals surface area contributed by atoms with E-state index in [4.69, 9.17) is 4.74 Å². The molecule has 26 heavy (non-hydrogen) atoms. The predicted octanol–water partition coefficient (Wildman–Crippen LogP) is 0.672. The molecule has 0 saturated carbocycles. The molecule has 0 spiro atoms. The van der Waals surface area contributed by atoms with Crippen molar-refractivity contribution in [1.29, 1.82) is 0 Å². The second-order valence-electron chi connectivity index (χ2n) is 5.25. The van der Waals surface area contributed by atoms with Crippen molar-refractivity contribution in [3.05, 3.63) is 42.9 Å². The summed E-state index contributed by atoms with van der Waals surface area (Å²) >= 11 is 0. The Hall–Kier alpha value is -3.21. The van der Waals surface area contributed by atoms with Crippen molar-refractivity contribution in [2.75, 3.05) is 10.1 Å². The first-order chi connectivity index (χ1) is 12.3. The third kappa shape index (κ3) is 5.41. The van der Waals surface area contributed by atoms with Gasteiger partial charge in [-0.05, 0) is 38.1 Å². The Bertz CT molecular complexity index is 869. The van der Waals surface area contributed by atoms with E-state index in [-0.39, 0.29) is 16.4 Å². The number of hydrogen-bond acceptors (Lipinski definition) is 8. The molecule has 10 nitrogen and oxygen atoms in total. The highest BCUT2D eigenvalue weighted by molar-refractivity contribution is 7.92. The molecule has 2 aromatic rings. The molecule has 0 fully saturated rings. The number of pyridine rings is 2. The molecule has 3 N–H and O–H groups in total. The Morgan fingerprint density at radius 3 is 2.38 bits per heavy atom. The molecule has 11 heteroatoms. The summed E-state index contributed by atoms with van der Waals surface area (Å²) in [5, 5.41) is 0. The van der Waals surface area contributed by atoms with Crippen LogP contribution < -0.4 is 15.6 Å². The molecule has 138 valence electrons. The van der Waals surface area contributed by atoms with Crippen LogP contribution in [0.3, 0.4) is 0 Å². The van der Waals surface area contributed by atoms with E-state index < -0.39 is 28.0 Å². The van der Waals surface area contributed by atoms with Crippen LogP contribution in [0.1, 0.15) is 13.8 Å². The van der Waals surface area contributed by atoms with E-state index in [9.17, 15) is 18.0 Å². The van der Waals surface area contributed by atoms with Crippen molar-refractivity contribution in [3.8, 4) is 0 Å². The smallest absolute Gasteiger partial charge is 0.398 e. The van der Waals surface area contributed by atoms with Crippen LogP contribution in [0.25, 0.3) is 0 Å². The zero-order valence-electron chi connectivity index (χ0n) is 14.0. The van der Waals surface area contributed by atoms with E-state index in [1.807, 2.05) is 0 Å². The highest BCUT2D eigenvalue weighted by atomic mass is 32.2. The number of carbonyl (C=O) groups is 2. The second kappa shape index (κ2) is 8.25. The first-order valence-electron chi connectivity index (χ1n) is 7.44. The highest BCUT2D eigenvalue weighted by Gasteiger charge is 2.17. The monoisotopic (exact) mass is 379 g/mol. The second-order valence-corrected chi connectivity index (χ2v) is 6.94. The van der Waals surface area contributed by atoms with Gasteiger partial charge in [0.1, 0.15) is 5.82 Å². The fourth-order valence-corrected chi connectivity index (χ4v) is 2.73. The zero-order valence-corrected chi connectivity index (χ0v) is 14.8. The van der Waals surface area contributed by atoms with Gasteiger partial charge in [0, 0.05) is 12.4 Å². The minimum Gasteiger partial charge on any atom is -0.456 e. The number of nitrogens with one attached hydrogen (secondary N) is 3. The van der Waals surface area contributed by atoms with Gasteiger partial charge in [-0.15, -0.1) is 0 Å². The van der Waals surface area contributed by atoms with E-state index in [0.29, 0.717) is 0 Å². The minimum absolute atomic E-state index is 0.0608. The van der Waals surface area contributed by atoms with Gasteiger partial charge in [-0.3, -0.25) is 25.4 Å². The average molecular weight is 379 g/mol. The molecule has 0 unspecified atom stereocenters. The maximum atomic E-state index is 12.2. The predicted molar refractivity (Wildman–Crippen MR) is 92.3 cm³/mol. The van der Waals surface area contributed by atoms with Gasteiger partial charge in [-0.2, -0.15) is 0 Å². The fraction of sp³-hybridized carbons (Fsp3) is 0.200. The molecule has 0 aliphatic rings. The number of ether oxygens (including phenoxy) is 1. The highest BCUT2D eigenvalue weighted by Crippen LogP contribution is 2.15. The van der Waals surface area contributed by atoms with Gasteiger partial charge in [0.15, 0.2) is 0 Å². The molecule has 0 aliphatic heterocycles. The number of hydrazine groups is 1. The van der Waals surface area contributed by atoms with Gasteiger partial charge in [-0.1, -0.05) is 0 Å². The minimum atomic E-state index is -3.76. The van der Waals surface area contributed by atoms with E-state index in [0.717, 1.165) is 0 Å². The Morgan fingerprint density at radius 1 is 1.12 bits per heavy atom. The Balaban J connectivity index is 1.94. The average Bonchev–Trinajstić information content (AvgIpc) is 2.60. The number of sulfonamides is 1. The SMILES string of the molecule is CC(C)OC(=O)C(=O)NNc1ccc(NS(=O)(=O)c2ccncc2)cn1. The summed E-state index contributed by atoms with van der Waals surface area (Å²) in [6.07, 6.45) is 3.57. The summed E-state index contributed by atoms with van der Waals surface area (Å²) in [7, 11) is -3.76. The number of aromatic nitrogens is 2. The van der Waals surface area contributed by atoms with Gasteiger partial charge in [0.05, 0.1) is 22.9 Å². The van der Waals surface area contributed by atoms with Gasteiger partial charge in [-0.25, -0.2) is 18.2 Å². The summed E-state index contributed by atoms with van der Waals surface area (Å²) in [4.78, 5) is 30.6. The molecule has 0 saturated heterocycles. The lowest BCUT2D eigenvalue weighted by Gasteiger charge is -2.10. The van der Waals surface area contributed by atoms with Gasteiger partial charge < -0.3 is 4.74 Å². The quantitative estimate of drug-likeness (QED) is 0.378. The molecule has 1 amide bonds. The fourth-order valence-electron chi connectivity index (χ4n) is 1.70. The number of nitrogens with zero attached hydrogens (tertiary/aromatic N) is 2. The van der Waals surface area contributed by atoms with Crippen LogP contribution in [0.2, 0.25) is 0 Å². The number of carbonyl (C=O) groups excluding carboxylic acids is 2. The van der Waals surface area contributed by atoms with Crippen molar-refractivity contribution in [2.45, 2.75) is 24.8 Å².